The van der Waals surface area contributed by atoms with Crippen LogP contribution >= 0.6 is 0 Å². The Bertz CT molecular complexity index is 1550. The Morgan fingerprint density at radius 1 is 0.900 bits per heavy atom. The number of hydrogen-bond donors (Lipinski definition) is 3. The van der Waals surface area contributed by atoms with E-state index in [2.05, 4.69) is 21.4 Å². The molecule has 0 aliphatic heterocycles. The SMILES string of the molecule is Cc1ccc(S(=O)(=O)Nc2cccc(CNCC3CCC(Nc4nc(N(C)C)c5ccccc5n4)CC3)c2)cc1. The molecule has 0 bridgehead atoms. The van der Waals surface area contributed by atoms with E-state index in [9.17, 15) is 8.42 Å². The van der Waals surface area contributed by atoms with Crippen LogP contribution in [0, 0.1) is 12.8 Å². The zero-order chi connectivity index (χ0) is 28.1. The van der Waals surface area contributed by atoms with Crippen LogP contribution in [0.5, 0.6) is 0 Å². The summed E-state index contributed by atoms with van der Waals surface area (Å²) in [5.74, 6) is 2.23. The topological polar surface area (TPSA) is 99.2 Å². The number of aromatic nitrogens is 2. The third-order valence-corrected chi connectivity index (χ3v) is 8.86. The van der Waals surface area contributed by atoms with Gasteiger partial charge in [-0.05, 0) is 87.0 Å². The predicted molar refractivity (Wildman–Crippen MR) is 163 cm³/mol. The molecule has 1 saturated carbocycles. The van der Waals surface area contributed by atoms with Gasteiger partial charge < -0.3 is 15.5 Å². The van der Waals surface area contributed by atoms with Gasteiger partial charge in [0.1, 0.15) is 5.82 Å². The summed E-state index contributed by atoms with van der Waals surface area (Å²) < 4.78 is 28.2. The van der Waals surface area contributed by atoms with Gasteiger partial charge >= 0.3 is 0 Å². The number of anilines is 3. The van der Waals surface area contributed by atoms with Gasteiger partial charge in [0.05, 0.1) is 10.4 Å². The van der Waals surface area contributed by atoms with Crippen molar-refractivity contribution in [3.05, 3.63) is 83.9 Å². The van der Waals surface area contributed by atoms with Crippen molar-refractivity contribution in [3.8, 4) is 0 Å². The molecule has 0 saturated heterocycles. The first-order valence-corrected chi connectivity index (χ1v) is 15.3. The molecule has 4 aromatic rings. The van der Waals surface area contributed by atoms with Gasteiger partial charge in [0.2, 0.25) is 5.95 Å². The number of nitrogens with zero attached hydrogens (tertiary/aromatic N) is 3. The van der Waals surface area contributed by atoms with Crippen LogP contribution in [0.4, 0.5) is 17.5 Å². The normalized spacial score (nSPS) is 17.5. The summed E-state index contributed by atoms with van der Waals surface area (Å²) >= 11 is 0. The highest BCUT2D eigenvalue weighted by molar-refractivity contribution is 7.92. The average Bonchev–Trinajstić information content (AvgIpc) is 2.94. The predicted octanol–water partition coefficient (Wildman–Crippen LogP) is 5.57. The van der Waals surface area contributed by atoms with Crippen molar-refractivity contribution in [2.75, 3.05) is 35.6 Å². The number of para-hydroxylation sites is 1. The maximum Gasteiger partial charge on any atom is 0.261 e. The molecule has 0 radical (unpaired) electrons. The van der Waals surface area contributed by atoms with Gasteiger partial charge in [-0.2, -0.15) is 4.98 Å². The molecule has 0 spiro atoms. The molecule has 1 aliphatic rings. The van der Waals surface area contributed by atoms with Gasteiger partial charge in [-0.25, -0.2) is 13.4 Å². The van der Waals surface area contributed by atoms with Crippen molar-refractivity contribution in [3.63, 3.8) is 0 Å². The maximum atomic E-state index is 12.7. The molecule has 3 aromatic carbocycles. The van der Waals surface area contributed by atoms with Crippen LogP contribution in [0.15, 0.2) is 77.7 Å². The highest BCUT2D eigenvalue weighted by atomic mass is 32.2. The van der Waals surface area contributed by atoms with Crippen LogP contribution in [0.1, 0.15) is 36.8 Å². The molecule has 210 valence electrons. The fraction of sp³-hybridized carbons (Fsp3) is 0.355. The lowest BCUT2D eigenvalue weighted by molar-refractivity contribution is 0.324. The molecule has 0 unspecified atom stereocenters. The average molecular weight is 559 g/mol. The largest absolute Gasteiger partial charge is 0.362 e. The third kappa shape index (κ3) is 6.89. The van der Waals surface area contributed by atoms with Crippen molar-refractivity contribution in [2.45, 2.75) is 50.1 Å². The molecular weight excluding hydrogens is 520 g/mol. The first-order chi connectivity index (χ1) is 19.3. The third-order valence-electron chi connectivity index (χ3n) is 7.46. The molecule has 40 heavy (non-hydrogen) atoms. The van der Waals surface area contributed by atoms with Crippen LogP contribution in [0.3, 0.4) is 0 Å². The molecule has 1 heterocycles. The summed E-state index contributed by atoms with van der Waals surface area (Å²) in [5, 5.41) is 8.22. The number of rotatable bonds is 10. The first kappa shape index (κ1) is 27.9. The lowest BCUT2D eigenvalue weighted by Crippen LogP contribution is -2.31. The molecule has 5 rings (SSSR count). The molecular formula is C31H38N6O2S. The molecule has 9 heteroatoms. The van der Waals surface area contributed by atoms with Crippen LogP contribution in [-0.4, -0.2) is 45.1 Å². The minimum atomic E-state index is -3.62. The highest BCUT2D eigenvalue weighted by Gasteiger charge is 2.22. The van der Waals surface area contributed by atoms with Crippen molar-refractivity contribution < 1.29 is 8.42 Å². The number of fused-ring (bicyclic) bond motifs is 1. The molecule has 1 aliphatic carbocycles. The molecule has 0 atom stereocenters. The second kappa shape index (κ2) is 12.2. The van der Waals surface area contributed by atoms with E-state index in [0.717, 1.165) is 60.1 Å². The summed E-state index contributed by atoms with van der Waals surface area (Å²) in [4.78, 5) is 11.9. The summed E-state index contributed by atoms with van der Waals surface area (Å²) in [7, 11) is 0.404. The second-order valence-electron chi connectivity index (χ2n) is 10.9. The van der Waals surface area contributed by atoms with Gasteiger partial charge in [-0.3, -0.25) is 4.72 Å². The number of sulfonamides is 1. The molecule has 1 fully saturated rings. The fourth-order valence-electron chi connectivity index (χ4n) is 5.26. The van der Waals surface area contributed by atoms with E-state index in [0.29, 0.717) is 30.1 Å². The van der Waals surface area contributed by atoms with Crippen molar-refractivity contribution in [1.82, 2.24) is 15.3 Å². The molecule has 3 N–H and O–H groups in total. The first-order valence-electron chi connectivity index (χ1n) is 13.9. The summed E-state index contributed by atoms with van der Waals surface area (Å²) in [6, 6.07) is 22.9. The Hall–Kier alpha value is -3.69. The standard InChI is InChI=1S/C31H38N6O2S/c1-22-11-17-27(18-12-22)40(38,39)36-26-8-6-7-24(19-26)21-32-20-23-13-15-25(16-14-23)33-31-34-29-10-5-4-9-28(29)30(35-31)37(2)3/h4-12,17-19,23,25,32,36H,13-16,20-21H2,1-3H3,(H,33,34,35). The minimum Gasteiger partial charge on any atom is -0.362 e. The lowest BCUT2D eigenvalue weighted by atomic mass is 9.86. The summed E-state index contributed by atoms with van der Waals surface area (Å²) in [6.07, 6.45) is 4.43. The van der Waals surface area contributed by atoms with E-state index in [1.165, 1.54) is 0 Å². The maximum absolute atomic E-state index is 12.7. The smallest absolute Gasteiger partial charge is 0.261 e. The van der Waals surface area contributed by atoms with E-state index in [1.54, 1.807) is 30.3 Å². The Balaban J connectivity index is 1.10. The van der Waals surface area contributed by atoms with Gasteiger partial charge in [0.25, 0.3) is 10.0 Å². The monoisotopic (exact) mass is 558 g/mol. The zero-order valence-electron chi connectivity index (χ0n) is 23.4. The minimum absolute atomic E-state index is 0.261. The zero-order valence-corrected chi connectivity index (χ0v) is 24.2. The number of nitrogens with one attached hydrogen (secondary N) is 3. The van der Waals surface area contributed by atoms with E-state index in [1.807, 2.05) is 62.3 Å². The van der Waals surface area contributed by atoms with Crippen LogP contribution in [0.2, 0.25) is 0 Å². The second-order valence-corrected chi connectivity index (χ2v) is 12.6. The fourth-order valence-corrected chi connectivity index (χ4v) is 6.31. The van der Waals surface area contributed by atoms with Gasteiger partial charge in [0, 0.05) is 37.8 Å². The Morgan fingerprint density at radius 2 is 1.65 bits per heavy atom. The van der Waals surface area contributed by atoms with Crippen LogP contribution in [0.25, 0.3) is 10.9 Å². The summed E-state index contributed by atoms with van der Waals surface area (Å²) in [6.45, 7) is 3.56. The van der Waals surface area contributed by atoms with E-state index < -0.39 is 10.0 Å². The molecule has 0 amide bonds. The van der Waals surface area contributed by atoms with E-state index in [4.69, 9.17) is 9.97 Å². The highest BCUT2D eigenvalue weighted by Crippen LogP contribution is 2.28. The molecule has 1 aromatic heterocycles. The van der Waals surface area contributed by atoms with Crippen LogP contribution in [-0.2, 0) is 16.6 Å². The Morgan fingerprint density at radius 3 is 2.40 bits per heavy atom. The quantitative estimate of drug-likeness (QED) is 0.234. The number of aryl methyl sites for hydroxylation is 1. The van der Waals surface area contributed by atoms with Crippen LogP contribution < -0.4 is 20.3 Å². The van der Waals surface area contributed by atoms with Gasteiger partial charge in [0.15, 0.2) is 0 Å². The Labute approximate surface area is 237 Å². The summed E-state index contributed by atoms with van der Waals surface area (Å²) in [5.41, 5.74) is 3.59. The van der Waals surface area contributed by atoms with E-state index in [-0.39, 0.29) is 4.90 Å². The number of hydrogen-bond acceptors (Lipinski definition) is 7. The van der Waals surface area contributed by atoms with Crippen molar-refractivity contribution in [2.24, 2.45) is 5.92 Å². The van der Waals surface area contributed by atoms with Crippen molar-refractivity contribution in [1.29, 1.82) is 0 Å². The lowest BCUT2D eigenvalue weighted by Gasteiger charge is -2.29. The van der Waals surface area contributed by atoms with Crippen molar-refractivity contribution >= 4 is 38.4 Å². The van der Waals surface area contributed by atoms with E-state index >= 15 is 0 Å². The van der Waals surface area contributed by atoms with Gasteiger partial charge in [-0.1, -0.05) is 42.0 Å². The molecule has 8 nitrogen and oxygen atoms in total. The van der Waals surface area contributed by atoms with Gasteiger partial charge in [-0.15, -0.1) is 0 Å². The number of benzene rings is 3. The Kier molecular flexibility index (Phi) is 8.52.